The molecule has 0 atom stereocenters. The third-order valence-electron chi connectivity index (χ3n) is 2.77. The highest BCUT2D eigenvalue weighted by Gasteiger charge is 2.12. The second-order valence-corrected chi connectivity index (χ2v) is 5.06. The Morgan fingerprint density at radius 2 is 1.91 bits per heavy atom. The van der Waals surface area contributed by atoms with E-state index in [9.17, 15) is 9.59 Å². The van der Waals surface area contributed by atoms with Crippen molar-refractivity contribution in [2.45, 2.75) is 19.9 Å². The summed E-state index contributed by atoms with van der Waals surface area (Å²) in [5, 5.41) is 15.1. The zero-order chi connectivity index (χ0) is 16.5. The number of likely N-dealkylation sites (N-methyl/N-ethyl adjacent to an activating group) is 1. The Kier molecular flexibility index (Phi) is 7.04. The van der Waals surface area contributed by atoms with Gasteiger partial charge in [0.2, 0.25) is 0 Å². The van der Waals surface area contributed by atoms with Crippen LogP contribution >= 0.6 is 0 Å². The number of amides is 2. The Hall–Kier alpha value is -2.41. The Morgan fingerprint density at radius 1 is 1.27 bits per heavy atom. The van der Waals surface area contributed by atoms with E-state index in [-0.39, 0.29) is 12.6 Å². The number of benzene rings is 1. The van der Waals surface area contributed by atoms with Crippen LogP contribution < -0.4 is 15.6 Å². The lowest BCUT2D eigenvalue weighted by molar-refractivity contribution is -0.139. The van der Waals surface area contributed by atoms with Gasteiger partial charge in [-0.25, -0.2) is 5.43 Å². The number of carbonyl (C=O) groups excluding carboxylic acids is 2. The van der Waals surface area contributed by atoms with Crippen LogP contribution in [0, 0.1) is 0 Å². The maximum Gasteiger partial charge on any atom is 0.329 e. The summed E-state index contributed by atoms with van der Waals surface area (Å²) in [4.78, 5) is 24.7. The normalized spacial score (nSPS) is 10.8. The summed E-state index contributed by atoms with van der Waals surface area (Å²) in [7, 11) is 1.88. The zero-order valence-electron chi connectivity index (χ0n) is 13.0. The Labute approximate surface area is 130 Å². The third kappa shape index (κ3) is 5.92. The van der Waals surface area contributed by atoms with E-state index < -0.39 is 11.8 Å². The van der Waals surface area contributed by atoms with Crippen LogP contribution in [0.25, 0.3) is 0 Å². The van der Waals surface area contributed by atoms with Crippen molar-refractivity contribution in [3.63, 3.8) is 0 Å². The van der Waals surface area contributed by atoms with Gasteiger partial charge in [-0.1, -0.05) is 12.1 Å². The van der Waals surface area contributed by atoms with Gasteiger partial charge in [-0.2, -0.15) is 5.10 Å². The summed E-state index contributed by atoms with van der Waals surface area (Å²) in [6.45, 7) is 4.17. The minimum Gasteiger partial charge on any atom is -0.395 e. The summed E-state index contributed by atoms with van der Waals surface area (Å²) >= 11 is 0. The standard InChI is InChI=1S/C15H22N4O3/c1-11(2)17-14(21)15(22)18-16-10-12-4-6-13(7-5-12)19(3)8-9-20/h4-7,10-11,20H,8-9H2,1-3H3,(H,17,21)(H,18,22)/b16-10-. The number of rotatable bonds is 6. The van der Waals surface area contributed by atoms with Crippen molar-refractivity contribution in [3.8, 4) is 0 Å². The molecule has 0 unspecified atom stereocenters. The number of nitrogens with zero attached hydrogens (tertiary/aromatic N) is 2. The molecular formula is C15H22N4O3. The van der Waals surface area contributed by atoms with Crippen LogP contribution in [0.2, 0.25) is 0 Å². The smallest absolute Gasteiger partial charge is 0.329 e. The number of aliphatic hydroxyl groups is 1. The first-order chi connectivity index (χ1) is 10.4. The molecule has 0 aromatic heterocycles. The molecule has 0 spiro atoms. The first-order valence-corrected chi connectivity index (χ1v) is 7.00. The highest BCUT2D eigenvalue weighted by Crippen LogP contribution is 2.12. The van der Waals surface area contributed by atoms with Crippen molar-refractivity contribution in [1.82, 2.24) is 10.7 Å². The van der Waals surface area contributed by atoms with Gasteiger partial charge in [-0.05, 0) is 31.5 Å². The fraction of sp³-hybridized carbons (Fsp3) is 0.400. The molecule has 22 heavy (non-hydrogen) atoms. The summed E-state index contributed by atoms with van der Waals surface area (Å²) in [5.41, 5.74) is 3.92. The summed E-state index contributed by atoms with van der Waals surface area (Å²) < 4.78 is 0. The molecule has 7 heteroatoms. The SMILES string of the molecule is CC(C)NC(=O)C(=O)N/N=C\c1ccc(N(C)CCO)cc1. The lowest BCUT2D eigenvalue weighted by Gasteiger charge is -2.17. The van der Waals surface area contributed by atoms with Crippen molar-refractivity contribution in [1.29, 1.82) is 0 Å². The minimum absolute atomic E-state index is 0.0875. The van der Waals surface area contributed by atoms with E-state index in [1.165, 1.54) is 6.21 Å². The Balaban J connectivity index is 2.53. The van der Waals surface area contributed by atoms with Gasteiger partial charge in [0.15, 0.2) is 0 Å². The van der Waals surface area contributed by atoms with Gasteiger partial charge in [0, 0.05) is 25.3 Å². The fourth-order valence-corrected chi connectivity index (χ4v) is 1.64. The molecule has 1 rings (SSSR count). The lowest BCUT2D eigenvalue weighted by atomic mass is 10.2. The molecule has 0 aliphatic rings. The molecule has 2 amide bonds. The molecule has 1 aromatic carbocycles. The van der Waals surface area contributed by atoms with Gasteiger partial charge in [0.25, 0.3) is 0 Å². The van der Waals surface area contributed by atoms with E-state index >= 15 is 0 Å². The molecule has 0 saturated heterocycles. The van der Waals surface area contributed by atoms with Gasteiger partial charge in [-0.15, -0.1) is 0 Å². The van der Waals surface area contributed by atoms with E-state index in [2.05, 4.69) is 15.8 Å². The first kappa shape index (κ1) is 17.6. The number of nitrogens with one attached hydrogen (secondary N) is 2. The van der Waals surface area contributed by atoms with Gasteiger partial charge in [0.1, 0.15) is 0 Å². The van der Waals surface area contributed by atoms with E-state index in [0.717, 1.165) is 11.3 Å². The van der Waals surface area contributed by atoms with E-state index in [1.54, 1.807) is 13.8 Å². The lowest BCUT2D eigenvalue weighted by Crippen LogP contribution is -2.41. The molecule has 3 N–H and O–H groups in total. The molecular weight excluding hydrogens is 284 g/mol. The molecule has 0 fully saturated rings. The Bertz CT molecular complexity index is 526. The maximum absolute atomic E-state index is 11.4. The number of hydrazone groups is 1. The third-order valence-corrected chi connectivity index (χ3v) is 2.77. The number of aliphatic hydroxyl groups excluding tert-OH is 1. The number of anilines is 1. The van der Waals surface area contributed by atoms with E-state index in [4.69, 9.17) is 5.11 Å². The van der Waals surface area contributed by atoms with Crippen molar-refractivity contribution >= 4 is 23.7 Å². The van der Waals surface area contributed by atoms with Crippen LogP contribution in [-0.4, -0.2) is 49.4 Å². The highest BCUT2D eigenvalue weighted by atomic mass is 16.3. The predicted molar refractivity (Wildman–Crippen MR) is 85.8 cm³/mol. The topological polar surface area (TPSA) is 94.0 Å². The summed E-state index contributed by atoms with van der Waals surface area (Å²) in [6.07, 6.45) is 1.45. The molecule has 120 valence electrons. The Morgan fingerprint density at radius 3 is 2.45 bits per heavy atom. The molecule has 0 heterocycles. The maximum atomic E-state index is 11.4. The largest absolute Gasteiger partial charge is 0.395 e. The van der Waals surface area contributed by atoms with Gasteiger partial charge in [0.05, 0.1) is 12.8 Å². The van der Waals surface area contributed by atoms with Crippen molar-refractivity contribution in [2.24, 2.45) is 5.10 Å². The second kappa shape index (κ2) is 8.78. The molecule has 7 nitrogen and oxygen atoms in total. The monoisotopic (exact) mass is 306 g/mol. The van der Waals surface area contributed by atoms with Crippen LogP contribution in [-0.2, 0) is 9.59 Å². The summed E-state index contributed by atoms with van der Waals surface area (Å²) in [5.74, 6) is -1.52. The minimum atomic E-state index is -0.802. The highest BCUT2D eigenvalue weighted by molar-refractivity contribution is 6.35. The average molecular weight is 306 g/mol. The van der Waals surface area contributed by atoms with E-state index in [0.29, 0.717) is 6.54 Å². The summed E-state index contributed by atoms with van der Waals surface area (Å²) in [6, 6.07) is 7.31. The van der Waals surface area contributed by atoms with Crippen LogP contribution in [0.4, 0.5) is 5.69 Å². The second-order valence-electron chi connectivity index (χ2n) is 5.06. The number of hydrogen-bond donors (Lipinski definition) is 3. The first-order valence-electron chi connectivity index (χ1n) is 7.00. The zero-order valence-corrected chi connectivity index (χ0v) is 13.0. The molecule has 0 radical (unpaired) electrons. The van der Waals surface area contributed by atoms with Gasteiger partial charge in [-0.3, -0.25) is 9.59 Å². The molecule has 1 aromatic rings. The fourth-order valence-electron chi connectivity index (χ4n) is 1.64. The molecule has 0 saturated carbocycles. The van der Waals surface area contributed by atoms with Crippen LogP contribution in [0.3, 0.4) is 0 Å². The van der Waals surface area contributed by atoms with E-state index in [1.807, 2.05) is 36.2 Å². The molecule has 0 aliphatic carbocycles. The predicted octanol–water partition coefficient (Wildman–Crippen LogP) is 0.0898. The number of hydrogen-bond acceptors (Lipinski definition) is 5. The number of carbonyl (C=O) groups is 2. The van der Waals surface area contributed by atoms with Gasteiger partial charge >= 0.3 is 11.8 Å². The van der Waals surface area contributed by atoms with Crippen molar-refractivity contribution < 1.29 is 14.7 Å². The van der Waals surface area contributed by atoms with Crippen LogP contribution in [0.1, 0.15) is 19.4 Å². The van der Waals surface area contributed by atoms with Crippen LogP contribution in [0.15, 0.2) is 29.4 Å². The molecule has 0 bridgehead atoms. The van der Waals surface area contributed by atoms with Gasteiger partial charge < -0.3 is 15.3 Å². The van der Waals surface area contributed by atoms with Crippen molar-refractivity contribution in [3.05, 3.63) is 29.8 Å². The van der Waals surface area contributed by atoms with Crippen LogP contribution in [0.5, 0.6) is 0 Å². The average Bonchev–Trinajstić information content (AvgIpc) is 2.47. The molecule has 0 aliphatic heterocycles. The van der Waals surface area contributed by atoms with Crippen molar-refractivity contribution in [2.75, 3.05) is 25.1 Å². The quantitative estimate of drug-likeness (QED) is 0.394.